The third kappa shape index (κ3) is 2.32. The largest absolute Gasteiger partial charge is 0.456 e. The molecule has 8 rings (SSSR count). The van der Waals surface area contributed by atoms with Crippen molar-refractivity contribution in [3.63, 3.8) is 0 Å². The maximum absolute atomic E-state index is 6.33. The van der Waals surface area contributed by atoms with Crippen LogP contribution in [0.15, 0.2) is 101 Å². The molecule has 2 aromatic heterocycles. The van der Waals surface area contributed by atoms with Gasteiger partial charge in [0.1, 0.15) is 11.2 Å². The van der Waals surface area contributed by atoms with Crippen LogP contribution in [0.25, 0.3) is 55.7 Å². The average Bonchev–Trinajstić information content (AvgIpc) is 3.63. The van der Waals surface area contributed by atoms with E-state index >= 15 is 0 Å². The van der Waals surface area contributed by atoms with Crippen LogP contribution < -0.4 is 0 Å². The number of benzene rings is 5. The van der Waals surface area contributed by atoms with Gasteiger partial charge in [-0.25, -0.2) is 0 Å². The van der Waals surface area contributed by atoms with Crippen molar-refractivity contribution in [3.8, 4) is 44.5 Å². The second kappa shape index (κ2) is 6.24. The van der Waals surface area contributed by atoms with Crippen molar-refractivity contribution in [3.05, 3.63) is 119 Å². The Morgan fingerprint density at radius 3 is 1.33 bits per heavy atom. The van der Waals surface area contributed by atoms with Crippen molar-refractivity contribution in [1.29, 1.82) is 0 Å². The first-order valence-corrected chi connectivity index (χ1v) is 11.6. The molecule has 2 heterocycles. The molecule has 0 saturated heterocycles. The van der Waals surface area contributed by atoms with Crippen LogP contribution in [0, 0.1) is 0 Å². The molecule has 154 valence electrons. The summed E-state index contributed by atoms with van der Waals surface area (Å²) in [5, 5.41) is 0. The average molecular weight is 421 g/mol. The Morgan fingerprint density at radius 1 is 0.424 bits per heavy atom. The lowest BCUT2D eigenvalue weighted by Crippen LogP contribution is -1.90. The zero-order valence-corrected chi connectivity index (χ0v) is 18.1. The summed E-state index contributed by atoms with van der Waals surface area (Å²) < 4.78 is 6.33. The number of furan rings is 2. The van der Waals surface area contributed by atoms with Crippen LogP contribution in [0.1, 0.15) is 22.3 Å². The minimum atomic E-state index is 0.955. The Labute approximate surface area is 192 Å². The van der Waals surface area contributed by atoms with Gasteiger partial charge in [0.2, 0.25) is 0 Å². The summed E-state index contributed by atoms with van der Waals surface area (Å²) in [6.45, 7) is 0. The highest BCUT2D eigenvalue weighted by Gasteiger charge is 2.27. The van der Waals surface area contributed by atoms with Gasteiger partial charge in [0, 0.05) is 11.1 Å². The minimum Gasteiger partial charge on any atom is -0.456 e. The van der Waals surface area contributed by atoms with E-state index in [0.717, 1.165) is 24.0 Å². The summed E-state index contributed by atoms with van der Waals surface area (Å²) in [5.41, 5.74) is 18.1. The van der Waals surface area contributed by atoms with Crippen molar-refractivity contribution < 1.29 is 4.42 Å². The molecule has 6 aromatic rings. The molecule has 0 spiro atoms. The van der Waals surface area contributed by atoms with Gasteiger partial charge in [0.05, 0.1) is 0 Å². The summed E-state index contributed by atoms with van der Waals surface area (Å²) in [7, 11) is 0. The smallest absolute Gasteiger partial charge is 0.143 e. The number of fused-ring (bicyclic) bond motifs is 8. The molecule has 0 radical (unpaired) electrons. The van der Waals surface area contributed by atoms with E-state index in [2.05, 4.69) is 97.1 Å². The zero-order valence-electron chi connectivity index (χ0n) is 18.1. The van der Waals surface area contributed by atoms with Crippen LogP contribution in [0.4, 0.5) is 0 Å². The first-order chi connectivity index (χ1) is 16.3. The Bertz CT molecular complexity index is 1590. The van der Waals surface area contributed by atoms with Gasteiger partial charge in [-0.05, 0) is 80.6 Å². The lowest BCUT2D eigenvalue weighted by Gasteiger charge is -2.11. The molecule has 0 unspecified atom stereocenters. The van der Waals surface area contributed by atoms with Gasteiger partial charge in [-0.15, -0.1) is 0 Å². The lowest BCUT2D eigenvalue weighted by molar-refractivity contribution is 0.676. The van der Waals surface area contributed by atoms with Crippen LogP contribution in [-0.4, -0.2) is 0 Å². The molecule has 0 saturated carbocycles. The second-order valence-corrected chi connectivity index (χ2v) is 9.28. The summed E-state index contributed by atoms with van der Waals surface area (Å²) in [6.07, 6.45) is 1.97. The third-order valence-electron chi connectivity index (χ3n) is 7.56. The molecule has 2 aliphatic rings. The molecule has 4 aromatic carbocycles. The molecular weight excluding hydrogens is 400 g/mol. The van der Waals surface area contributed by atoms with Crippen LogP contribution in [0.5, 0.6) is 0 Å². The molecule has 2 aliphatic carbocycles. The highest BCUT2D eigenvalue weighted by atomic mass is 16.3. The molecule has 0 fully saturated rings. The first kappa shape index (κ1) is 17.5. The Kier molecular flexibility index (Phi) is 3.30. The summed E-state index contributed by atoms with van der Waals surface area (Å²) in [4.78, 5) is 0. The third-order valence-corrected chi connectivity index (χ3v) is 7.56. The van der Waals surface area contributed by atoms with Crippen LogP contribution >= 0.6 is 0 Å². The van der Waals surface area contributed by atoms with Crippen LogP contribution in [0.3, 0.4) is 0 Å². The van der Waals surface area contributed by atoms with E-state index < -0.39 is 0 Å². The fourth-order valence-corrected chi connectivity index (χ4v) is 6.11. The number of hydrogen-bond donors (Lipinski definition) is 0. The topological polar surface area (TPSA) is 13.1 Å². The van der Waals surface area contributed by atoms with E-state index in [4.69, 9.17) is 4.42 Å². The van der Waals surface area contributed by atoms with Crippen molar-refractivity contribution in [1.82, 2.24) is 0 Å². The number of rotatable bonds is 2. The minimum absolute atomic E-state index is 0.955. The molecule has 1 heteroatoms. The Morgan fingerprint density at radius 2 is 0.848 bits per heavy atom. The van der Waals surface area contributed by atoms with Gasteiger partial charge in [-0.3, -0.25) is 0 Å². The molecule has 1 nitrogen and oxygen atoms in total. The maximum atomic E-state index is 6.33. The van der Waals surface area contributed by atoms with E-state index in [1.54, 1.807) is 0 Å². The van der Waals surface area contributed by atoms with Gasteiger partial charge in [0.15, 0.2) is 0 Å². The van der Waals surface area contributed by atoms with Gasteiger partial charge >= 0.3 is 0 Å². The highest BCUT2D eigenvalue weighted by Crippen LogP contribution is 2.48. The lowest BCUT2D eigenvalue weighted by atomic mass is 9.91. The van der Waals surface area contributed by atoms with E-state index in [-0.39, 0.29) is 0 Å². The normalized spacial score (nSPS) is 13.2. The van der Waals surface area contributed by atoms with Crippen molar-refractivity contribution in [2.75, 3.05) is 0 Å². The predicted molar refractivity (Wildman–Crippen MR) is 135 cm³/mol. The summed E-state index contributed by atoms with van der Waals surface area (Å²) >= 11 is 0. The van der Waals surface area contributed by atoms with Crippen LogP contribution in [-0.2, 0) is 12.8 Å². The number of hydrogen-bond acceptors (Lipinski definition) is 1. The van der Waals surface area contributed by atoms with Gasteiger partial charge in [0.25, 0.3) is 0 Å². The van der Waals surface area contributed by atoms with E-state index in [9.17, 15) is 0 Å². The quantitative estimate of drug-likeness (QED) is 0.274. The van der Waals surface area contributed by atoms with Crippen molar-refractivity contribution >= 4 is 11.2 Å². The summed E-state index contributed by atoms with van der Waals surface area (Å²) in [5.74, 6) is 0. The van der Waals surface area contributed by atoms with E-state index in [0.29, 0.717) is 0 Å². The highest BCUT2D eigenvalue weighted by molar-refractivity contribution is 6.02. The molecule has 0 aliphatic heterocycles. The first-order valence-electron chi connectivity index (χ1n) is 11.6. The standard InChI is InChI=1S/C32H20O/c1-3-9-22-19(7-1)15-28-24(22)11-5-13-26(28)30-17-21-18-31(32(30)33-21)27-14-6-12-25-23-10-4-2-8-20(23)16-29(25)27/h1-14,17-18H,15-16H2. The summed E-state index contributed by atoms with van der Waals surface area (Å²) in [6, 6.07) is 35.4. The molecule has 0 amide bonds. The Balaban J connectivity index is 1.31. The molecule has 0 atom stereocenters. The van der Waals surface area contributed by atoms with Crippen LogP contribution in [0.2, 0.25) is 0 Å². The zero-order chi connectivity index (χ0) is 21.5. The fourth-order valence-electron chi connectivity index (χ4n) is 6.11. The van der Waals surface area contributed by atoms with Crippen molar-refractivity contribution in [2.24, 2.45) is 0 Å². The van der Waals surface area contributed by atoms with Gasteiger partial charge in [-0.2, -0.15) is 0 Å². The molecule has 33 heavy (non-hydrogen) atoms. The van der Waals surface area contributed by atoms with Crippen molar-refractivity contribution in [2.45, 2.75) is 12.8 Å². The predicted octanol–water partition coefficient (Wildman–Crippen LogP) is 8.35. The fraction of sp³-hybridized carbons (Fsp3) is 0.0625. The maximum Gasteiger partial charge on any atom is 0.143 e. The Hall–Kier alpha value is -4.10. The molecular formula is C32H20O. The second-order valence-electron chi connectivity index (χ2n) is 9.28. The van der Waals surface area contributed by atoms with E-state index in [1.165, 1.54) is 66.8 Å². The molecule has 2 bridgehead atoms. The molecule has 0 N–H and O–H groups in total. The van der Waals surface area contributed by atoms with E-state index in [1.807, 2.05) is 0 Å². The van der Waals surface area contributed by atoms with Gasteiger partial charge in [-0.1, -0.05) is 84.9 Å². The monoisotopic (exact) mass is 420 g/mol. The van der Waals surface area contributed by atoms with Gasteiger partial charge < -0.3 is 4.42 Å². The SMILES string of the molecule is c1ccc2c(c1)Cc1c-2cccc1-c1cc2cc(-c3cccc4c3Cc3ccccc3-4)c1o2.